The van der Waals surface area contributed by atoms with Crippen molar-refractivity contribution in [1.82, 2.24) is 9.03 Å². The van der Waals surface area contributed by atoms with E-state index in [4.69, 9.17) is 11.6 Å². The minimum atomic E-state index is -3.55. The van der Waals surface area contributed by atoms with Crippen LogP contribution in [0, 0.1) is 0 Å². The summed E-state index contributed by atoms with van der Waals surface area (Å²) in [4.78, 5) is 0. The lowest BCUT2D eigenvalue weighted by atomic mass is 9.96. The van der Waals surface area contributed by atoms with Gasteiger partial charge in [0, 0.05) is 18.5 Å². The maximum absolute atomic E-state index is 12.7. The molecular weight excluding hydrogens is 308 g/mol. The molecule has 118 valence electrons. The molecule has 21 heavy (non-hydrogen) atoms. The second-order valence-corrected chi connectivity index (χ2v) is 7.78. The summed E-state index contributed by atoms with van der Waals surface area (Å²) >= 11 is 6.08. The fourth-order valence-electron chi connectivity index (χ4n) is 2.74. The Hall–Kier alpha value is -0.620. The van der Waals surface area contributed by atoms with E-state index >= 15 is 0 Å². The summed E-state index contributed by atoms with van der Waals surface area (Å²) in [5.74, 6) is 0.179. The average Bonchev–Trinajstić information content (AvgIpc) is 2.48. The minimum Gasteiger partial charge on any atom is -0.195 e. The molecule has 1 heterocycles. The largest absolute Gasteiger partial charge is 0.280 e. The summed E-state index contributed by atoms with van der Waals surface area (Å²) in [6.45, 7) is 4.35. The predicted octanol–water partition coefficient (Wildman–Crippen LogP) is 2.85. The lowest BCUT2D eigenvalue weighted by molar-refractivity contribution is 0.260. The fraction of sp³-hybridized carbons (Fsp3) is 0.600. The van der Waals surface area contributed by atoms with Gasteiger partial charge in [-0.15, -0.1) is 11.6 Å². The van der Waals surface area contributed by atoms with Crippen LogP contribution >= 0.6 is 11.6 Å². The highest BCUT2D eigenvalue weighted by molar-refractivity contribution is 7.87. The van der Waals surface area contributed by atoms with Crippen molar-refractivity contribution in [2.24, 2.45) is 0 Å². The highest BCUT2D eigenvalue weighted by atomic mass is 35.5. The molecule has 2 atom stereocenters. The first-order valence-electron chi connectivity index (χ1n) is 7.31. The highest BCUT2D eigenvalue weighted by Crippen LogP contribution is 2.26. The van der Waals surface area contributed by atoms with Gasteiger partial charge in [0.25, 0.3) is 10.2 Å². The molecule has 1 aliphatic heterocycles. The van der Waals surface area contributed by atoms with Gasteiger partial charge in [0.05, 0.1) is 5.54 Å². The summed E-state index contributed by atoms with van der Waals surface area (Å²) in [6, 6.07) is 9.50. The van der Waals surface area contributed by atoms with Gasteiger partial charge in [-0.1, -0.05) is 36.8 Å². The Kier molecular flexibility index (Phi) is 5.30. The van der Waals surface area contributed by atoms with E-state index in [1.54, 1.807) is 4.31 Å². The van der Waals surface area contributed by atoms with Crippen molar-refractivity contribution in [2.45, 2.75) is 44.7 Å². The zero-order chi connectivity index (χ0) is 15.5. The van der Waals surface area contributed by atoms with E-state index in [9.17, 15) is 8.42 Å². The SMILES string of the molecule is CC1CCCCN1S(=O)(=O)NC(C)(CCl)c1ccccc1. The monoisotopic (exact) mass is 330 g/mol. The number of hydrogen-bond donors (Lipinski definition) is 1. The molecule has 1 fully saturated rings. The Bertz CT molecular complexity index is 564. The van der Waals surface area contributed by atoms with E-state index in [1.807, 2.05) is 44.2 Å². The van der Waals surface area contributed by atoms with Gasteiger partial charge in [-0.2, -0.15) is 17.4 Å². The number of benzene rings is 1. The van der Waals surface area contributed by atoms with Gasteiger partial charge in [-0.05, 0) is 32.3 Å². The molecule has 2 rings (SSSR count). The molecule has 1 aromatic carbocycles. The van der Waals surface area contributed by atoms with E-state index in [0.29, 0.717) is 6.54 Å². The Balaban J connectivity index is 2.25. The number of halogens is 1. The Morgan fingerprint density at radius 3 is 2.57 bits per heavy atom. The normalized spacial score (nSPS) is 23.7. The van der Waals surface area contributed by atoms with E-state index < -0.39 is 15.7 Å². The lowest BCUT2D eigenvalue weighted by Crippen LogP contribution is -2.54. The molecular formula is C15H23ClN2O2S. The quantitative estimate of drug-likeness (QED) is 0.844. The van der Waals surface area contributed by atoms with Crippen LogP contribution < -0.4 is 4.72 Å². The van der Waals surface area contributed by atoms with E-state index in [1.165, 1.54) is 0 Å². The molecule has 4 nitrogen and oxygen atoms in total. The first-order chi connectivity index (χ1) is 9.89. The predicted molar refractivity (Wildman–Crippen MR) is 86.6 cm³/mol. The van der Waals surface area contributed by atoms with E-state index in [-0.39, 0.29) is 11.9 Å². The van der Waals surface area contributed by atoms with Crippen molar-refractivity contribution in [3.8, 4) is 0 Å². The van der Waals surface area contributed by atoms with Gasteiger partial charge in [0.15, 0.2) is 0 Å². The van der Waals surface area contributed by atoms with E-state index in [2.05, 4.69) is 4.72 Å². The van der Waals surface area contributed by atoms with Crippen LogP contribution in [0.2, 0.25) is 0 Å². The number of rotatable bonds is 5. The first-order valence-corrected chi connectivity index (χ1v) is 9.29. The van der Waals surface area contributed by atoms with Crippen LogP contribution in [0.25, 0.3) is 0 Å². The topological polar surface area (TPSA) is 49.4 Å². The molecule has 0 aliphatic carbocycles. The summed E-state index contributed by atoms with van der Waals surface area (Å²) < 4.78 is 29.8. The lowest BCUT2D eigenvalue weighted by Gasteiger charge is -2.36. The van der Waals surface area contributed by atoms with Crippen molar-refractivity contribution in [1.29, 1.82) is 0 Å². The minimum absolute atomic E-state index is 0.0339. The molecule has 0 saturated carbocycles. The van der Waals surface area contributed by atoms with Crippen LogP contribution in [-0.4, -0.2) is 31.2 Å². The number of piperidine rings is 1. The van der Waals surface area contributed by atoms with Gasteiger partial charge in [0.2, 0.25) is 0 Å². The zero-order valence-corrected chi connectivity index (χ0v) is 14.1. The number of alkyl halides is 1. The molecule has 1 aliphatic rings. The third kappa shape index (κ3) is 3.77. The van der Waals surface area contributed by atoms with Crippen LogP contribution in [0.3, 0.4) is 0 Å². The van der Waals surface area contributed by atoms with Gasteiger partial charge in [-0.25, -0.2) is 0 Å². The molecule has 2 unspecified atom stereocenters. The van der Waals surface area contributed by atoms with Gasteiger partial charge < -0.3 is 0 Å². The third-order valence-corrected chi connectivity index (χ3v) is 6.49. The smallest absolute Gasteiger partial charge is 0.195 e. The molecule has 6 heteroatoms. The maximum atomic E-state index is 12.7. The second-order valence-electron chi connectivity index (χ2n) is 5.89. The number of hydrogen-bond acceptors (Lipinski definition) is 2. The zero-order valence-electron chi connectivity index (χ0n) is 12.5. The number of nitrogens with zero attached hydrogens (tertiary/aromatic N) is 1. The van der Waals surface area contributed by atoms with Crippen molar-refractivity contribution in [3.63, 3.8) is 0 Å². The van der Waals surface area contributed by atoms with Crippen molar-refractivity contribution in [3.05, 3.63) is 35.9 Å². The number of nitrogens with one attached hydrogen (secondary N) is 1. The van der Waals surface area contributed by atoms with E-state index in [0.717, 1.165) is 24.8 Å². The Morgan fingerprint density at radius 1 is 1.33 bits per heavy atom. The molecule has 0 spiro atoms. The van der Waals surface area contributed by atoms with Gasteiger partial charge in [0.1, 0.15) is 0 Å². The van der Waals surface area contributed by atoms with Crippen LogP contribution in [-0.2, 0) is 15.7 Å². The molecule has 0 bridgehead atoms. The van der Waals surface area contributed by atoms with Gasteiger partial charge >= 0.3 is 0 Å². The van der Waals surface area contributed by atoms with Crippen molar-refractivity contribution in [2.75, 3.05) is 12.4 Å². The summed E-state index contributed by atoms with van der Waals surface area (Å²) in [7, 11) is -3.55. The van der Waals surface area contributed by atoms with Crippen molar-refractivity contribution >= 4 is 21.8 Å². The van der Waals surface area contributed by atoms with Crippen LogP contribution in [0.15, 0.2) is 30.3 Å². The molecule has 0 radical (unpaired) electrons. The summed E-state index contributed by atoms with van der Waals surface area (Å²) in [5.41, 5.74) is 0.0620. The first kappa shape index (κ1) is 16.7. The van der Waals surface area contributed by atoms with Crippen molar-refractivity contribution < 1.29 is 8.42 Å². The van der Waals surface area contributed by atoms with Crippen LogP contribution in [0.5, 0.6) is 0 Å². The Morgan fingerprint density at radius 2 is 2.00 bits per heavy atom. The fourth-order valence-corrected chi connectivity index (χ4v) is 4.87. The summed E-state index contributed by atoms with van der Waals surface area (Å²) in [5, 5.41) is 0. The highest BCUT2D eigenvalue weighted by Gasteiger charge is 2.36. The molecule has 1 N–H and O–H groups in total. The molecule has 0 amide bonds. The van der Waals surface area contributed by atoms with Gasteiger partial charge in [-0.3, -0.25) is 0 Å². The average molecular weight is 331 g/mol. The van der Waals surface area contributed by atoms with Crippen LogP contribution in [0.4, 0.5) is 0 Å². The van der Waals surface area contributed by atoms with Crippen LogP contribution in [0.1, 0.15) is 38.7 Å². The second kappa shape index (κ2) is 6.65. The molecule has 0 aromatic heterocycles. The maximum Gasteiger partial charge on any atom is 0.280 e. The molecule has 1 saturated heterocycles. The standard InChI is InChI=1S/C15H23ClN2O2S/c1-13-8-6-7-11-18(13)21(19,20)17-15(2,12-16)14-9-4-3-5-10-14/h3-5,9-10,13,17H,6-8,11-12H2,1-2H3. The third-order valence-electron chi connectivity index (χ3n) is 4.08. The molecule has 1 aromatic rings. The summed E-state index contributed by atoms with van der Waals surface area (Å²) in [6.07, 6.45) is 2.90. The Labute approximate surface area is 132 Å².